The number of carboxylic acid groups (broad SMARTS) is 1. The van der Waals surface area contributed by atoms with Crippen LogP contribution in [0.25, 0.3) is 0 Å². The van der Waals surface area contributed by atoms with Crippen molar-refractivity contribution in [3.63, 3.8) is 0 Å². The van der Waals surface area contributed by atoms with Crippen LogP contribution in [0.1, 0.15) is 23.7 Å². The summed E-state index contributed by atoms with van der Waals surface area (Å²) >= 11 is 13.7. The molecule has 8 heteroatoms. The van der Waals surface area contributed by atoms with Crippen LogP contribution in [-0.4, -0.2) is 34.2 Å². The molecule has 1 amide bonds. The van der Waals surface area contributed by atoms with E-state index in [0.717, 1.165) is 0 Å². The number of aliphatic carboxylic acids is 1. The average Bonchev–Trinajstić information content (AvgIpc) is 2.29. The van der Waals surface area contributed by atoms with E-state index >= 15 is 0 Å². The molecule has 1 aromatic carbocycles. The van der Waals surface area contributed by atoms with Crippen molar-refractivity contribution < 1.29 is 19.8 Å². The van der Waals surface area contributed by atoms with Crippen molar-refractivity contribution in [3.05, 3.63) is 31.3 Å². The first-order valence-electron chi connectivity index (χ1n) is 5.49. The van der Waals surface area contributed by atoms with Gasteiger partial charge in [0.05, 0.1) is 22.6 Å². The number of hydrogen-bond acceptors (Lipinski definition) is 3. The van der Waals surface area contributed by atoms with Gasteiger partial charge < -0.3 is 15.5 Å². The second-order valence-corrected chi connectivity index (χ2v) is 6.42. The maximum atomic E-state index is 12.0. The lowest BCUT2D eigenvalue weighted by atomic mass is 10.0. The Labute approximate surface area is 139 Å². The molecule has 0 spiro atoms. The third kappa shape index (κ3) is 5.08. The van der Waals surface area contributed by atoms with Crippen molar-refractivity contribution in [2.45, 2.75) is 18.9 Å². The van der Waals surface area contributed by atoms with Crippen LogP contribution in [0.15, 0.2) is 12.1 Å². The number of benzene rings is 1. The van der Waals surface area contributed by atoms with Crippen LogP contribution in [0.5, 0.6) is 0 Å². The van der Waals surface area contributed by atoms with Gasteiger partial charge in [-0.15, -0.1) is 0 Å². The molecule has 0 aliphatic heterocycles. The van der Waals surface area contributed by atoms with E-state index in [4.69, 9.17) is 28.3 Å². The van der Waals surface area contributed by atoms with Gasteiger partial charge in [-0.05, 0) is 41.6 Å². The number of halogens is 3. The molecule has 0 radical (unpaired) electrons. The van der Waals surface area contributed by atoms with Crippen LogP contribution in [0.3, 0.4) is 0 Å². The topological polar surface area (TPSA) is 86.6 Å². The first-order valence-corrected chi connectivity index (χ1v) is 7.33. The van der Waals surface area contributed by atoms with Gasteiger partial charge in [-0.2, -0.15) is 0 Å². The highest BCUT2D eigenvalue weighted by Crippen LogP contribution is 2.26. The molecule has 1 atom stereocenters. The Bertz CT molecular complexity index is 549. The summed E-state index contributed by atoms with van der Waals surface area (Å²) < 4.78 is 0.532. The molecule has 0 fully saturated rings. The molecular formula is C12H12Cl2INO4. The van der Waals surface area contributed by atoms with Crippen LogP contribution < -0.4 is 5.32 Å². The van der Waals surface area contributed by atoms with Crippen molar-refractivity contribution in [2.75, 3.05) is 6.54 Å². The van der Waals surface area contributed by atoms with Gasteiger partial charge in [-0.1, -0.05) is 23.2 Å². The number of nitrogens with one attached hydrogen (secondary N) is 1. The Hall–Kier alpha value is -0.570. The molecule has 1 aromatic rings. The number of rotatable bonds is 5. The average molecular weight is 432 g/mol. The molecule has 0 aliphatic rings. The van der Waals surface area contributed by atoms with Crippen molar-refractivity contribution in [1.82, 2.24) is 5.32 Å². The highest BCUT2D eigenvalue weighted by Gasteiger charge is 2.25. The Morgan fingerprint density at radius 3 is 2.55 bits per heavy atom. The molecule has 0 aliphatic carbocycles. The van der Waals surface area contributed by atoms with Crippen LogP contribution >= 0.6 is 45.8 Å². The van der Waals surface area contributed by atoms with E-state index in [9.17, 15) is 14.7 Å². The van der Waals surface area contributed by atoms with Gasteiger partial charge in [-0.25, -0.2) is 0 Å². The fraction of sp³-hybridized carbons (Fsp3) is 0.333. The van der Waals surface area contributed by atoms with E-state index in [2.05, 4.69) is 5.32 Å². The molecular weight excluding hydrogens is 420 g/mol. The van der Waals surface area contributed by atoms with E-state index in [1.807, 2.05) is 22.6 Å². The van der Waals surface area contributed by atoms with E-state index in [0.29, 0.717) is 13.6 Å². The first-order chi connectivity index (χ1) is 9.12. The van der Waals surface area contributed by atoms with Gasteiger partial charge >= 0.3 is 5.97 Å². The van der Waals surface area contributed by atoms with Gasteiger partial charge in [-0.3, -0.25) is 9.59 Å². The molecule has 3 N–H and O–H groups in total. The number of hydrogen-bond donors (Lipinski definition) is 3. The lowest BCUT2D eigenvalue weighted by Crippen LogP contribution is -2.42. The summed E-state index contributed by atoms with van der Waals surface area (Å²) in [4.78, 5) is 22.6. The maximum absolute atomic E-state index is 12.0. The van der Waals surface area contributed by atoms with Crippen molar-refractivity contribution in [1.29, 1.82) is 0 Å². The zero-order valence-corrected chi connectivity index (χ0v) is 14.1. The Morgan fingerprint density at radius 1 is 1.40 bits per heavy atom. The number of amides is 1. The smallest absolute Gasteiger partial charge is 0.306 e. The van der Waals surface area contributed by atoms with Crippen LogP contribution in [0.4, 0.5) is 0 Å². The summed E-state index contributed by atoms with van der Waals surface area (Å²) in [5, 5.41) is 21.6. The minimum absolute atomic E-state index is 0.196. The molecule has 5 nitrogen and oxygen atoms in total. The molecule has 0 saturated carbocycles. The van der Waals surface area contributed by atoms with E-state index < -0.39 is 23.9 Å². The number of carbonyl (C=O) groups is 2. The molecule has 110 valence electrons. The largest absolute Gasteiger partial charge is 0.481 e. The summed E-state index contributed by atoms with van der Waals surface area (Å²) in [5.41, 5.74) is -1.26. The van der Waals surface area contributed by atoms with E-state index in [-0.39, 0.29) is 12.1 Å². The highest BCUT2D eigenvalue weighted by atomic mass is 127. The quantitative estimate of drug-likeness (QED) is 0.494. The lowest BCUT2D eigenvalue weighted by Gasteiger charge is -2.21. The summed E-state index contributed by atoms with van der Waals surface area (Å²) in [6.07, 6.45) is -0.472. The van der Waals surface area contributed by atoms with E-state index in [1.165, 1.54) is 19.1 Å². The standard InChI is InChI=1S/C12H12Cl2INO4/c1-12(20,4-9(17)18)5-16-11(19)7-2-6(13)3-8(14)10(7)15/h2-3,20H,4-5H2,1H3,(H,16,19)(H,17,18). The third-order valence-electron chi connectivity index (χ3n) is 2.40. The van der Waals surface area contributed by atoms with E-state index in [1.54, 1.807) is 0 Å². The molecule has 0 saturated heterocycles. The second kappa shape index (κ2) is 6.93. The van der Waals surface area contributed by atoms with Crippen LogP contribution in [0, 0.1) is 3.57 Å². The van der Waals surface area contributed by atoms with Gasteiger partial charge in [0.15, 0.2) is 0 Å². The molecule has 1 rings (SSSR count). The van der Waals surface area contributed by atoms with Crippen molar-refractivity contribution in [2.24, 2.45) is 0 Å². The highest BCUT2D eigenvalue weighted by molar-refractivity contribution is 14.1. The number of carboxylic acids is 1. The SMILES string of the molecule is CC(O)(CNC(=O)c1cc(Cl)cc(Cl)c1I)CC(=O)O. The molecule has 20 heavy (non-hydrogen) atoms. The van der Waals surface area contributed by atoms with Crippen molar-refractivity contribution in [3.8, 4) is 0 Å². The normalized spacial score (nSPS) is 13.7. The Morgan fingerprint density at radius 2 is 2.00 bits per heavy atom. The van der Waals surface area contributed by atoms with Crippen LogP contribution in [0.2, 0.25) is 10.0 Å². The molecule has 0 heterocycles. The number of carbonyl (C=O) groups excluding carboxylic acids is 1. The van der Waals surface area contributed by atoms with Crippen molar-refractivity contribution >= 4 is 57.7 Å². The van der Waals surface area contributed by atoms with Gasteiger partial charge in [0.2, 0.25) is 0 Å². The third-order valence-corrected chi connectivity index (χ3v) is 4.40. The second-order valence-electron chi connectivity index (χ2n) is 4.50. The number of aliphatic hydroxyl groups is 1. The first kappa shape index (κ1) is 17.5. The maximum Gasteiger partial charge on any atom is 0.306 e. The summed E-state index contributed by atoms with van der Waals surface area (Å²) in [5.74, 6) is -1.63. The Balaban J connectivity index is 2.80. The van der Waals surface area contributed by atoms with Gasteiger partial charge in [0, 0.05) is 15.1 Å². The minimum atomic E-state index is -1.53. The summed E-state index contributed by atoms with van der Waals surface area (Å²) in [7, 11) is 0. The van der Waals surface area contributed by atoms with Gasteiger partial charge in [0.1, 0.15) is 0 Å². The minimum Gasteiger partial charge on any atom is -0.481 e. The fourth-order valence-corrected chi connectivity index (χ4v) is 2.53. The monoisotopic (exact) mass is 431 g/mol. The van der Waals surface area contributed by atoms with Crippen LogP contribution in [-0.2, 0) is 4.79 Å². The lowest BCUT2D eigenvalue weighted by molar-refractivity contribution is -0.141. The predicted octanol–water partition coefficient (Wildman–Crippen LogP) is 2.55. The molecule has 1 unspecified atom stereocenters. The van der Waals surface area contributed by atoms with Gasteiger partial charge in [0.25, 0.3) is 5.91 Å². The fourth-order valence-electron chi connectivity index (χ4n) is 1.48. The zero-order chi connectivity index (χ0) is 15.5. The summed E-state index contributed by atoms with van der Waals surface area (Å²) in [6.45, 7) is 1.13. The molecule has 0 bridgehead atoms. The Kier molecular flexibility index (Phi) is 6.06. The summed E-state index contributed by atoms with van der Waals surface area (Å²) in [6, 6.07) is 2.97. The predicted molar refractivity (Wildman–Crippen MR) is 84.4 cm³/mol. The zero-order valence-electron chi connectivity index (χ0n) is 10.4. The molecule has 0 aromatic heterocycles.